The third kappa shape index (κ3) is 4.33. The smallest absolute Gasteiger partial charge is 0.265 e. The highest BCUT2D eigenvalue weighted by molar-refractivity contribution is 6.06. The number of carbonyl (C=O) groups excluding carboxylic acids is 1. The van der Waals surface area contributed by atoms with E-state index in [1.165, 1.54) is 4.57 Å². The molecule has 0 spiro atoms. The van der Waals surface area contributed by atoms with Crippen LogP contribution in [0.3, 0.4) is 0 Å². The summed E-state index contributed by atoms with van der Waals surface area (Å²) in [5.74, 6) is 0.888. The van der Waals surface area contributed by atoms with E-state index in [1.807, 2.05) is 42.5 Å². The van der Waals surface area contributed by atoms with Crippen molar-refractivity contribution < 1.29 is 18.7 Å². The first-order valence-corrected chi connectivity index (χ1v) is 12.8. The fourth-order valence-corrected chi connectivity index (χ4v) is 5.53. The van der Waals surface area contributed by atoms with Crippen LogP contribution in [0, 0.1) is 0 Å². The standard InChI is InChI=1S/C28H30N4O5/c1-31-22-7-3-2-6-20(22)25(24(26(29)33)28(31)34)32-12-10-17(11-13-32)27-30-21-15-18(8-9-23(21)37-27)36-16-19-5-4-14-35-19/h2-3,6-9,15,17,19H,4-5,10-14,16H2,1H3,(H2,29,33). The molecule has 2 N–H and O–H groups in total. The number of primary amides is 1. The van der Waals surface area contributed by atoms with Gasteiger partial charge in [0, 0.05) is 44.1 Å². The van der Waals surface area contributed by atoms with Crippen molar-refractivity contribution in [1.29, 1.82) is 0 Å². The van der Waals surface area contributed by atoms with E-state index in [0.29, 0.717) is 31.3 Å². The van der Waals surface area contributed by atoms with Crippen LogP contribution in [0.2, 0.25) is 0 Å². The fraction of sp³-hybridized carbons (Fsp3) is 0.393. The Morgan fingerprint density at radius 2 is 1.97 bits per heavy atom. The number of nitrogens with two attached hydrogens (primary N) is 1. The molecule has 2 aromatic heterocycles. The molecule has 2 fully saturated rings. The van der Waals surface area contributed by atoms with Gasteiger partial charge < -0.3 is 29.1 Å². The number of para-hydroxylation sites is 1. The van der Waals surface area contributed by atoms with Gasteiger partial charge in [-0.2, -0.15) is 0 Å². The third-order valence-corrected chi connectivity index (χ3v) is 7.52. The molecule has 0 bridgehead atoms. The summed E-state index contributed by atoms with van der Waals surface area (Å²) < 4.78 is 19.2. The summed E-state index contributed by atoms with van der Waals surface area (Å²) in [6.07, 6.45) is 3.82. The number of pyridine rings is 1. The number of aryl methyl sites for hydroxylation is 1. The lowest BCUT2D eigenvalue weighted by molar-refractivity contribution is 0.0680. The number of amides is 1. The van der Waals surface area contributed by atoms with Gasteiger partial charge in [0.25, 0.3) is 11.5 Å². The minimum Gasteiger partial charge on any atom is -0.491 e. The Hall–Kier alpha value is -3.85. The van der Waals surface area contributed by atoms with Crippen LogP contribution in [0.5, 0.6) is 5.75 Å². The lowest BCUT2D eigenvalue weighted by atomic mass is 9.95. The average molecular weight is 503 g/mol. The number of nitrogens with zero attached hydrogens (tertiary/aromatic N) is 3. The van der Waals surface area contributed by atoms with Gasteiger partial charge in [-0.25, -0.2) is 4.98 Å². The monoisotopic (exact) mass is 502 g/mol. The van der Waals surface area contributed by atoms with Gasteiger partial charge in [0.1, 0.15) is 23.4 Å². The molecule has 9 nitrogen and oxygen atoms in total. The summed E-state index contributed by atoms with van der Waals surface area (Å²) in [5.41, 5.74) is 8.25. The molecule has 2 aromatic carbocycles. The molecule has 0 aliphatic carbocycles. The molecule has 1 amide bonds. The Balaban J connectivity index is 1.22. The van der Waals surface area contributed by atoms with Gasteiger partial charge in [-0.3, -0.25) is 9.59 Å². The predicted octanol–water partition coefficient (Wildman–Crippen LogP) is 3.72. The predicted molar refractivity (Wildman–Crippen MR) is 140 cm³/mol. The summed E-state index contributed by atoms with van der Waals surface area (Å²) in [6, 6.07) is 13.3. The number of piperidine rings is 1. The lowest BCUT2D eigenvalue weighted by Gasteiger charge is -2.34. The van der Waals surface area contributed by atoms with E-state index in [2.05, 4.69) is 4.90 Å². The molecular weight excluding hydrogens is 472 g/mol. The van der Waals surface area contributed by atoms with Crippen LogP contribution in [-0.4, -0.2) is 47.9 Å². The van der Waals surface area contributed by atoms with Crippen molar-refractivity contribution in [1.82, 2.24) is 9.55 Å². The van der Waals surface area contributed by atoms with Crippen molar-refractivity contribution in [2.75, 3.05) is 31.2 Å². The zero-order valence-corrected chi connectivity index (χ0v) is 20.8. The highest BCUT2D eigenvalue weighted by atomic mass is 16.5. The summed E-state index contributed by atoms with van der Waals surface area (Å²) >= 11 is 0. The quantitative estimate of drug-likeness (QED) is 0.428. The largest absolute Gasteiger partial charge is 0.491 e. The maximum Gasteiger partial charge on any atom is 0.265 e. The first kappa shape index (κ1) is 23.5. The first-order chi connectivity index (χ1) is 18.0. The number of carbonyl (C=O) groups is 1. The Morgan fingerprint density at radius 3 is 2.73 bits per heavy atom. The average Bonchev–Trinajstić information content (AvgIpc) is 3.59. The highest BCUT2D eigenvalue weighted by Crippen LogP contribution is 2.36. The van der Waals surface area contributed by atoms with E-state index in [4.69, 9.17) is 24.6 Å². The van der Waals surface area contributed by atoms with Crippen molar-refractivity contribution in [2.24, 2.45) is 12.8 Å². The van der Waals surface area contributed by atoms with Gasteiger partial charge in [0.15, 0.2) is 11.5 Å². The van der Waals surface area contributed by atoms with E-state index < -0.39 is 5.91 Å². The number of hydrogen-bond donors (Lipinski definition) is 1. The Labute approximate surface area is 213 Å². The molecule has 4 heterocycles. The number of fused-ring (bicyclic) bond motifs is 2. The number of hydrogen-bond acceptors (Lipinski definition) is 7. The van der Waals surface area contributed by atoms with E-state index >= 15 is 0 Å². The Morgan fingerprint density at radius 1 is 1.16 bits per heavy atom. The summed E-state index contributed by atoms with van der Waals surface area (Å²) in [4.78, 5) is 32.2. The molecule has 192 valence electrons. The minimum atomic E-state index is -0.708. The lowest BCUT2D eigenvalue weighted by Crippen LogP contribution is -2.38. The van der Waals surface area contributed by atoms with Gasteiger partial charge >= 0.3 is 0 Å². The summed E-state index contributed by atoms with van der Waals surface area (Å²) in [6.45, 7) is 2.64. The molecule has 1 atom stereocenters. The van der Waals surface area contributed by atoms with E-state index in [-0.39, 0.29) is 23.1 Å². The van der Waals surface area contributed by atoms with Crippen LogP contribution in [0.25, 0.3) is 22.0 Å². The summed E-state index contributed by atoms with van der Waals surface area (Å²) in [7, 11) is 1.67. The van der Waals surface area contributed by atoms with Gasteiger partial charge in [-0.05, 0) is 43.9 Å². The SMILES string of the molecule is Cn1c(=O)c(C(N)=O)c(N2CCC(c3nc4cc(OCC5CCCO5)ccc4o3)CC2)c2ccccc21. The van der Waals surface area contributed by atoms with Crippen molar-refractivity contribution >= 4 is 33.6 Å². The molecule has 6 rings (SSSR count). The van der Waals surface area contributed by atoms with Crippen LogP contribution in [0.1, 0.15) is 47.8 Å². The van der Waals surface area contributed by atoms with Gasteiger partial charge in [-0.15, -0.1) is 0 Å². The Kier molecular flexibility index (Phi) is 6.08. The normalized spacial score (nSPS) is 18.6. The van der Waals surface area contributed by atoms with Crippen molar-refractivity contribution in [3.63, 3.8) is 0 Å². The minimum absolute atomic E-state index is 0.0389. The maximum atomic E-state index is 13.0. The van der Waals surface area contributed by atoms with Crippen LogP contribution >= 0.6 is 0 Å². The molecule has 2 saturated heterocycles. The topological polar surface area (TPSA) is 113 Å². The van der Waals surface area contributed by atoms with E-state index in [9.17, 15) is 9.59 Å². The second-order valence-corrected chi connectivity index (χ2v) is 9.86. The van der Waals surface area contributed by atoms with Crippen LogP contribution in [-0.2, 0) is 11.8 Å². The first-order valence-electron chi connectivity index (χ1n) is 12.8. The number of oxazole rings is 1. The molecule has 0 saturated carbocycles. The second-order valence-electron chi connectivity index (χ2n) is 9.86. The van der Waals surface area contributed by atoms with Gasteiger partial charge in [-0.1, -0.05) is 18.2 Å². The van der Waals surface area contributed by atoms with Crippen LogP contribution in [0.15, 0.2) is 51.7 Å². The van der Waals surface area contributed by atoms with Crippen LogP contribution < -0.4 is 20.9 Å². The Bertz CT molecular complexity index is 1530. The molecule has 2 aliphatic rings. The third-order valence-electron chi connectivity index (χ3n) is 7.52. The summed E-state index contributed by atoms with van der Waals surface area (Å²) in [5, 5.41) is 0.842. The second kappa shape index (κ2) is 9.55. The van der Waals surface area contributed by atoms with Crippen molar-refractivity contribution in [3.05, 3.63) is 64.3 Å². The molecule has 2 aliphatic heterocycles. The zero-order valence-electron chi connectivity index (χ0n) is 20.8. The molecule has 4 aromatic rings. The van der Waals surface area contributed by atoms with E-state index in [1.54, 1.807) is 7.05 Å². The number of rotatable bonds is 6. The zero-order chi connectivity index (χ0) is 25.5. The van der Waals surface area contributed by atoms with E-state index in [0.717, 1.165) is 60.0 Å². The number of anilines is 1. The van der Waals surface area contributed by atoms with Crippen molar-refractivity contribution in [3.8, 4) is 5.75 Å². The molecular formula is C28H30N4O5. The molecule has 0 radical (unpaired) electrons. The molecule has 1 unspecified atom stereocenters. The number of benzene rings is 2. The van der Waals surface area contributed by atoms with Gasteiger partial charge in [0.05, 0.1) is 17.3 Å². The van der Waals surface area contributed by atoms with Crippen LogP contribution in [0.4, 0.5) is 5.69 Å². The maximum absolute atomic E-state index is 13.0. The fourth-order valence-electron chi connectivity index (χ4n) is 5.53. The molecule has 37 heavy (non-hydrogen) atoms. The number of aromatic nitrogens is 2. The van der Waals surface area contributed by atoms with Crippen molar-refractivity contribution in [2.45, 2.75) is 37.7 Å². The molecule has 9 heteroatoms. The number of ether oxygens (including phenoxy) is 2. The van der Waals surface area contributed by atoms with Gasteiger partial charge in [0.2, 0.25) is 0 Å². The highest BCUT2D eigenvalue weighted by Gasteiger charge is 2.29.